The van der Waals surface area contributed by atoms with E-state index in [-0.39, 0.29) is 0 Å². The van der Waals surface area contributed by atoms with Crippen LogP contribution in [-0.4, -0.2) is 24.0 Å². The third-order valence-electron chi connectivity index (χ3n) is 2.99. The molecule has 1 aromatic carbocycles. The first-order chi connectivity index (χ1) is 10.2. The molecule has 1 heterocycles. The topological polar surface area (TPSA) is 69.4 Å². The molecule has 6 nitrogen and oxygen atoms in total. The van der Waals surface area contributed by atoms with E-state index in [4.69, 9.17) is 9.47 Å². The summed E-state index contributed by atoms with van der Waals surface area (Å²) in [6.07, 6.45) is 0.970. The molecule has 0 radical (unpaired) electrons. The summed E-state index contributed by atoms with van der Waals surface area (Å²) in [6, 6.07) is 5.87. The molecule has 1 aromatic heterocycles. The van der Waals surface area contributed by atoms with Gasteiger partial charge >= 0.3 is 0 Å². The molecule has 0 atom stereocenters. The van der Waals surface area contributed by atoms with Gasteiger partial charge in [0.05, 0.1) is 6.61 Å². The van der Waals surface area contributed by atoms with Crippen LogP contribution in [0, 0.1) is 6.92 Å². The second-order valence-corrected chi connectivity index (χ2v) is 4.73. The van der Waals surface area contributed by atoms with Gasteiger partial charge in [-0.25, -0.2) is 4.63 Å². The molecule has 0 saturated carbocycles. The molecule has 0 saturated heterocycles. The second-order valence-electron chi connectivity index (χ2n) is 4.73. The number of hydrogen-bond acceptors (Lipinski definition) is 6. The molecule has 1 N–H and O–H groups in total. The van der Waals surface area contributed by atoms with Crippen LogP contribution in [0.2, 0.25) is 0 Å². The van der Waals surface area contributed by atoms with Crippen molar-refractivity contribution >= 4 is 0 Å². The molecule has 0 fully saturated rings. The highest BCUT2D eigenvalue weighted by molar-refractivity contribution is 5.40. The predicted molar refractivity (Wildman–Crippen MR) is 78.4 cm³/mol. The average molecular weight is 291 g/mol. The van der Waals surface area contributed by atoms with Crippen molar-refractivity contribution in [2.45, 2.75) is 33.4 Å². The van der Waals surface area contributed by atoms with Crippen LogP contribution in [0.1, 0.15) is 30.3 Å². The van der Waals surface area contributed by atoms with E-state index in [1.165, 1.54) is 0 Å². The van der Waals surface area contributed by atoms with Gasteiger partial charge in [-0.15, -0.1) is 0 Å². The molecule has 2 rings (SSSR count). The fraction of sp³-hybridized carbons (Fsp3) is 0.467. The average Bonchev–Trinajstić information content (AvgIpc) is 2.90. The van der Waals surface area contributed by atoms with Gasteiger partial charge in [-0.3, -0.25) is 0 Å². The Hall–Kier alpha value is -2.08. The molecule has 2 aromatic rings. The lowest BCUT2D eigenvalue weighted by molar-refractivity contribution is 0.266. The summed E-state index contributed by atoms with van der Waals surface area (Å²) in [5, 5.41) is 10.7. The Labute approximate surface area is 124 Å². The highest BCUT2D eigenvalue weighted by atomic mass is 16.6. The number of benzene rings is 1. The molecule has 0 unspecified atom stereocenters. The lowest BCUT2D eigenvalue weighted by Gasteiger charge is -2.13. The van der Waals surface area contributed by atoms with E-state index in [1.54, 1.807) is 0 Å². The Morgan fingerprint density at radius 2 is 2.10 bits per heavy atom. The van der Waals surface area contributed by atoms with Gasteiger partial charge in [-0.1, -0.05) is 23.3 Å². The van der Waals surface area contributed by atoms with Gasteiger partial charge in [0.1, 0.15) is 29.5 Å². The van der Waals surface area contributed by atoms with Gasteiger partial charge in [-0.2, -0.15) is 0 Å². The summed E-state index contributed by atoms with van der Waals surface area (Å²) in [4.78, 5) is 0. The van der Waals surface area contributed by atoms with E-state index in [9.17, 15) is 0 Å². The molecule has 0 aliphatic carbocycles. The van der Waals surface area contributed by atoms with Crippen LogP contribution >= 0.6 is 0 Å². The fourth-order valence-corrected chi connectivity index (χ4v) is 1.84. The van der Waals surface area contributed by atoms with Crippen molar-refractivity contribution in [3.05, 3.63) is 35.2 Å². The molecule has 114 valence electrons. The van der Waals surface area contributed by atoms with Gasteiger partial charge in [-0.05, 0) is 26.5 Å². The zero-order valence-electron chi connectivity index (χ0n) is 12.7. The first-order valence-electron chi connectivity index (χ1n) is 7.05. The van der Waals surface area contributed by atoms with E-state index in [2.05, 4.69) is 27.2 Å². The smallest absolute Gasteiger partial charge is 0.145 e. The third kappa shape index (κ3) is 4.19. The Bertz CT molecular complexity index is 569. The van der Waals surface area contributed by atoms with Crippen LogP contribution in [-0.2, 0) is 13.2 Å². The zero-order valence-corrected chi connectivity index (χ0v) is 12.7. The number of aromatic nitrogens is 2. The van der Waals surface area contributed by atoms with Crippen molar-refractivity contribution in [3.63, 3.8) is 0 Å². The van der Waals surface area contributed by atoms with Crippen LogP contribution in [0.5, 0.6) is 11.5 Å². The van der Waals surface area contributed by atoms with Crippen LogP contribution in [0.25, 0.3) is 0 Å². The first-order valence-corrected chi connectivity index (χ1v) is 7.05. The molecule has 0 aliphatic rings. The van der Waals surface area contributed by atoms with Crippen molar-refractivity contribution in [1.29, 1.82) is 0 Å². The molecule has 6 heteroatoms. The summed E-state index contributed by atoms with van der Waals surface area (Å²) in [7, 11) is 1.90. The Morgan fingerprint density at radius 3 is 2.76 bits per heavy atom. The Balaban J connectivity index is 2.11. The number of nitrogens with zero attached hydrogens (tertiary/aromatic N) is 2. The lowest BCUT2D eigenvalue weighted by atomic mass is 10.2. The maximum absolute atomic E-state index is 5.85. The van der Waals surface area contributed by atoms with Gasteiger partial charge in [0.25, 0.3) is 0 Å². The van der Waals surface area contributed by atoms with Gasteiger partial charge in [0, 0.05) is 18.2 Å². The van der Waals surface area contributed by atoms with Crippen LogP contribution in [0.15, 0.2) is 22.8 Å². The number of ether oxygens (including phenoxy) is 2. The van der Waals surface area contributed by atoms with E-state index in [0.717, 1.165) is 35.7 Å². The van der Waals surface area contributed by atoms with Crippen LogP contribution in [0.3, 0.4) is 0 Å². The maximum atomic E-state index is 5.85. The second kappa shape index (κ2) is 7.64. The summed E-state index contributed by atoms with van der Waals surface area (Å²) >= 11 is 0. The molecule has 0 amide bonds. The quantitative estimate of drug-likeness (QED) is 0.805. The first kappa shape index (κ1) is 15.3. The largest absolute Gasteiger partial charge is 0.493 e. The minimum absolute atomic E-state index is 0.323. The molecule has 0 spiro atoms. The SMILES string of the molecule is CCCOc1ccc(CNC)c(OCc2nonc2C)c1. The summed E-state index contributed by atoms with van der Waals surface area (Å²) in [5.41, 5.74) is 2.50. The fourth-order valence-electron chi connectivity index (χ4n) is 1.84. The zero-order chi connectivity index (χ0) is 15.1. The minimum atomic E-state index is 0.323. The summed E-state index contributed by atoms with van der Waals surface area (Å²) < 4.78 is 16.2. The number of nitrogens with one attached hydrogen (secondary N) is 1. The Morgan fingerprint density at radius 1 is 1.24 bits per heavy atom. The summed E-state index contributed by atoms with van der Waals surface area (Å²) in [5.74, 6) is 1.59. The van der Waals surface area contributed by atoms with E-state index in [1.807, 2.05) is 32.2 Å². The van der Waals surface area contributed by atoms with Crippen molar-refractivity contribution in [2.24, 2.45) is 0 Å². The minimum Gasteiger partial charge on any atom is -0.493 e. The summed E-state index contributed by atoms with van der Waals surface area (Å²) in [6.45, 7) is 5.65. The highest BCUT2D eigenvalue weighted by Crippen LogP contribution is 2.26. The number of rotatable bonds is 8. The molecular formula is C15H21N3O3. The third-order valence-corrected chi connectivity index (χ3v) is 2.99. The lowest BCUT2D eigenvalue weighted by Crippen LogP contribution is -2.08. The number of hydrogen-bond donors (Lipinski definition) is 1. The number of aryl methyl sites for hydroxylation is 1. The van der Waals surface area contributed by atoms with Gasteiger partial charge in [0.2, 0.25) is 0 Å². The van der Waals surface area contributed by atoms with Gasteiger partial charge in [0.15, 0.2) is 0 Å². The van der Waals surface area contributed by atoms with Crippen LogP contribution in [0.4, 0.5) is 0 Å². The Kier molecular flexibility index (Phi) is 5.57. The maximum Gasteiger partial charge on any atom is 0.145 e. The van der Waals surface area contributed by atoms with Crippen molar-refractivity contribution in [1.82, 2.24) is 15.6 Å². The van der Waals surface area contributed by atoms with Crippen molar-refractivity contribution in [3.8, 4) is 11.5 Å². The van der Waals surface area contributed by atoms with Crippen LogP contribution < -0.4 is 14.8 Å². The normalized spacial score (nSPS) is 10.6. The molecule has 0 aliphatic heterocycles. The van der Waals surface area contributed by atoms with E-state index >= 15 is 0 Å². The van der Waals surface area contributed by atoms with E-state index < -0.39 is 0 Å². The predicted octanol–water partition coefficient (Wildman–Crippen LogP) is 2.47. The van der Waals surface area contributed by atoms with Crippen molar-refractivity contribution in [2.75, 3.05) is 13.7 Å². The highest BCUT2D eigenvalue weighted by Gasteiger charge is 2.10. The van der Waals surface area contributed by atoms with Crippen molar-refractivity contribution < 1.29 is 14.1 Å². The monoisotopic (exact) mass is 291 g/mol. The standard InChI is InChI=1S/C15H21N3O3/c1-4-7-19-13-6-5-12(9-16-3)15(8-13)20-10-14-11(2)17-21-18-14/h5-6,8,16H,4,7,9-10H2,1-3H3. The van der Waals surface area contributed by atoms with E-state index in [0.29, 0.717) is 18.9 Å². The molecule has 0 bridgehead atoms. The molecular weight excluding hydrogens is 270 g/mol. The molecule has 21 heavy (non-hydrogen) atoms. The van der Waals surface area contributed by atoms with Gasteiger partial charge < -0.3 is 14.8 Å².